The van der Waals surface area contributed by atoms with Crippen LogP contribution >= 0.6 is 0 Å². The molecule has 0 radical (unpaired) electrons. The third-order valence-corrected chi connectivity index (χ3v) is 5.65. The van der Waals surface area contributed by atoms with E-state index in [2.05, 4.69) is 14.5 Å². The maximum absolute atomic E-state index is 12.2. The minimum atomic E-state index is 0.125. The zero-order valence-corrected chi connectivity index (χ0v) is 14.8. The highest BCUT2D eigenvalue weighted by Gasteiger charge is 2.30. The molecule has 2 saturated heterocycles. The second kappa shape index (κ2) is 7.85. The molecule has 1 aromatic rings. The Morgan fingerprint density at radius 1 is 1.28 bits per heavy atom. The molecule has 4 rings (SSSR count). The summed E-state index contributed by atoms with van der Waals surface area (Å²) < 4.78 is 13.5. The molecule has 25 heavy (non-hydrogen) atoms. The van der Waals surface area contributed by atoms with Crippen LogP contribution in [0.3, 0.4) is 0 Å². The molecule has 4 heterocycles. The van der Waals surface area contributed by atoms with Crippen molar-refractivity contribution in [3.8, 4) is 0 Å². The molecule has 0 aromatic carbocycles. The van der Waals surface area contributed by atoms with Crippen molar-refractivity contribution in [3.63, 3.8) is 0 Å². The summed E-state index contributed by atoms with van der Waals surface area (Å²) in [4.78, 5) is 20.9. The van der Waals surface area contributed by atoms with Crippen LogP contribution < -0.4 is 0 Å². The van der Waals surface area contributed by atoms with Crippen molar-refractivity contribution >= 4 is 5.91 Å². The number of carbonyl (C=O) groups excluding carboxylic acids is 1. The van der Waals surface area contributed by atoms with Gasteiger partial charge >= 0.3 is 0 Å². The van der Waals surface area contributed by atoms with Gasteiger partial charge in [-0.2, -0.15) is 0 Å². The number of ether oxygens (including phenoxy) is 2. The van der Waals surface area contributed by atoms with Gasteiger partial charge in [0.1, 0.15) is 6.61 Å². The van der Waals surface area contributed by atoms with Crippen molar-refractivity contribution in [2.45, 2.75) is 44.3 Å². The van der Waals surface area contributed by atoms with E-state index in [1.165, 1.54) is 5.69 Å². The van der Waals surface area contributed by atoms with Gasteiger partial charge in [0, 0.05) is 51.6 Å². The van der Waals surface area contributed by atoms with Gasteiger partial charge in [0.2, 0.25) is 5.91 Å². The summed E-state index contributed by atoms with van der Waals surface area (Å²) in [6.07, 6.45) is 8.27. The van der Waals surface area contributed by atoms with Gasteiger partial charge in [-0.25, -0.2) is 4.98 Å². The van der Waals surface area contributed by atoms with Crippen LogP contribution in [0, 0.1) is 0 Å². The molecule has 1 unspecified atom stereocenters. The highest BCUT2D eigenvalue weighted by atomic mass is 16.5. The molecule has 138 valence electrons. The summed E-state index contributed by atoms with van der Waals surface area (Å²) in [6.45, 7) is 6.11. The average Bonchev–Trinajstić information content (AvgIpc) is 3.34. The topological polar surface area (TPSA) is 59.8 Å². The lowest BCUT2D eigenvalue weighted by Crippen LogP contribution is -2.46. The van der Waals surface area contributed by atoms with Crippen LogP contribution in [0.2, 0.25) is 0 Å². The Morgan fingerprint density at radius 3 is 2.88 bits per heavy atom. The number of amides is 1. The predicted octanol–water partition coefficient (Wildman–Crippen LogP) is 1.06. The lowest BCUT2D eigenvalue weighted by Gasteiger charge is -2.40. The standard InChI is InChI=1S/C18H28N4O3/c23-18(20-5-1-2-6-20)13-25-12-17-11-21(15-3-7-24-8-4-15)10-16-9-19-14-22(16)17/h9,14-15,17H,1-8,10-13H2. The third-order valence-electron chi connectivity index (χ3n) is 5.65. The maximum Gasteiger partial charge on any atom is 0.248 e. The van der Waals surface area contributed by atoms with Crippen LogP contribution in [0.15, 0.2) is 12.5 Å². The molecular formula is C18H28N4O3. The summed E-state index contributed by atoms with van der Waals surface area (Å²) >= 11 is 0. The maximum atomic E-state index is 12.2. The Morgan fingerprint density at radius 2 is 2.08 bits per heavy atom. The van der Waals surface area contributed by atoms with Crippen LogP contribution in [0.5, 0.6) is 0 Å². The van der Waals surface area contributed by atoms with Gasteiger partial charge in [0.25, 0.3) is 0 Å². The number of imidazole rings is 1. The number of aromatic nitrogens is 2. The van der Waals surface area contributed by atoms with Crippen LogP contribution in [0.1, 0.15) is 37.4 Å². The molecule has 0 saturated carbocycles. The molecule has 0 N–H and O–H groups in total. The highest BCUT2D eigenvalue weighted by Crippen LogP contribution is 2.26. The van der Waals surface area contributed by atoms with Gasteiger partial charge in [0.15, 0.2) is 0 Å². The molecule has 1 atom stereocenters. The SMILES string of the molecule is O=C(COCC1CN(C2CCOCC2)Cc2cncn21)N1CCCC1. The summed E-state index contributed by atoms with van der Waals surface area (Å²) in [5.74, 6) is 0.125. The molecule has 2 fully saturated rings. The number of hydrogen-bond donors (Lipinski definition) is 0. The normalized spacial score (nSPS) is 25.3. The largest absolute Gasteiger partial charge is 0.381 e. The summed E-state index contributed by atoms with van der Waals surface area (Å²) in [7, 11) is 0. The summed E-state index contributed by atoms with van der Waals surface area (Å²) in [6, 6.07) is 0.798. The predicted molar refractivity (Wildman–Crippen MR) is 92.1 cm³/mol. The van der Waals surface area contributed by atoms with E-state index in [0.717, 1.165) is 65.1 Å². The highest BCUT2D eigenvalue weighted by molar-refractivity contribution is 5.77. The molecule has 0 spiro atoms. The first-order valence-electron chi connectivity index (χ1n) is 9.49. The fraction of sp³-hybridized carbons (Fsp3) is 0.778. The van der Waals surface area contributed by atoms with Crippen LogP contribution in [-0.4, -0.2) is 77.4 Å². The molecule has 7 heteroatoms. The van der Waals surface area contributed by atoms with E-state index in [4.69, 9.17) is 9.47 Å². The average molecular weight is 348 g/mol. The second-order valence-corrected chi connectivity index (χ2v) is 7.32. The summed E-state index contributed by atoms with van der Waals surface area (Å²) in [5, 5.41) is 0. The van der Waals surface area contributed by atoms with Gasteiger partial charge in [-0.1, -0.05) is 0 Å². The first-order chi connectivity index (χ1) is 12.3. The minimum absolute atomic E-state index is 0.125. The van der Waals surface area contributed by atoms with Gasteiger partial charge < -0.3 is 18.9 Å². The lowest BCUT2D eigenvalue weighted by atomic mass is 10.0. The zero-order valence-electron chi connectivity index (χ0n) is 14.8. The van der Waals surface area contributed by atoms with E-state index in [-0.39, 0.29) is 18.6 Å². The van der Waals surface area contributed by atoms with E-state index < -0.39 is 0 Å². The van der Waals surface area contributed by atoms with Gasteiger partial charge in [-0.15, -0.1) is 0 Å². The molecule has 1 amide bonds. The number of hydrogen-bond acceptors (Lipinski definition) is 5. The van der Waals surface area contributed by atoms with Crippen LogP contribution in [-0.2, 0) is 20.8 Å². The van der Waals surface area contributed by atoms with Crippen LogP contribution in [0.4, 0.5) is 0 Å². The van der Waals surface area contributed by atoms with Crippen LogP contribution in [0.25, 0.3) is 0 Å². The Hall–Kier alpha value is -1.44. The molecular weight excluding hydrogens is 320 g/mol. The van der Waals surface area contributed by atoms with Crippen molar-refractivity contribution in [3.05, 3.63) is 18.2 Å². The number of fused-ring (bicyclic) bond motifs is 1. The Bertz CT molecular complexity index is 579. The van der Waals surface area contributed by atoms with E-state index in [1.54, 1.807) is 0 Å². The first-order valence-corrected chi connectivity index (χ1v) is 9.49. The smallest absolute Gasteiger partial charge is 0.248 e. The fourth-order valence-corrected chi connectivity index (χ4v) is 4.22. The van der Waals surface area contributed by atoms with Crippen molar-refractivity contribution in [1.29, 1.82) is 0 Å². The third kappa shape index (κ3) is 3.88. The van der Waals surface area contributed by atoms with Crippen molar-refractivity contribution in [1.82, 2.24) is 19.4 Å². The van der Waals surface area contributed by atoms with Crippen molar-refractivity contribution < 1.29 is 14.3 Å². The molecule has 7 nitrogen and oxygen atoms in total. The quantitative estimate of drug-likeness (QED) is 0.796. The van der Waals surface area contributed by atoms with E-state index in [9.17, 15) is 4.79 Å². The van der Waals surface area contributed by atoms with Gasteiger partial charge in [0.05, 0.1) is 24.7 Å². The summed E-state index contributed by atoms with van der Waals surface area (Å²) in [5.41, 5.74) is 1.23. The second-order valence-electron chi connectivity index (χ2n) is 7.32. The van der Waals surface area contributed by atoms with E-state index in [0.29, 0.717) is 12.6 Å². The van der Waals surface area contributed by atoms with Crippen molar-refractivity contribution in [2.24, 2.45) is 0 Å². The van der Waals surface area contributed by atoms with Gasteiger partial charge in [-0.3, -0.25) is 9.69 Å². The zero-order chi connectivity index (χ0) is 17.1. The molecule has 1 aromatic heterocycles. The number of nitrogens with zero attached hydrogens (tertiary/aromatic N) is 4. The monoisotopic (exact) mass is 348 g/mol. The first kappa shape index (κ1) is 17.0. The Kier molecular flexibility index (Phi) is 5.33. The number of carbonyl (C=O) groups is 1. The molecule has 0 bridgehead atoms. The Balaban J connectivity index is 1.34. The van der Waals surface area contributed by atoms with Gasteiger partial charge in [-0.05, 0) is 25.7 Å². The van der Waals surface area contributed by atoms with Crippen molar-refractivity contribution in [2.75, 3.05) is 46.1 Å². The molecule has 3 aliphatic heterocycles. The molecule has 0 aliphatic carbocycles. The number of likely N-dealkylation sites (tertiary alicyclic amines) is 1. The molecule has 3 aliphatic rings. The lowest BCUT2D eigenvalue weighted by molar-refractivity contribution is -0.135. The Labute approximate surface area is 148 Å². The number of rotatable bonds is 5. The van der Waals surface area contributed by atoms with E-state index in [1.807, 2.05) is 17.4 Å². The fourth-order valence-electron chi connectivity index (χ4n) is 4.22. The van der Waals surface area contributed by atoms with E-state index >= 15 is 0 Å². The minimum Gasteiger partial charge on any atom is -0.381 e.